The van der Waals surface area contributed by atoms with Crippen molar-refractivity contribution in [1.29, 1.82) is 0 Å². The van der Waals surface area contributed by atoms with Gasteiger partial charge >= 0.3 is 0 Å². The molecule has 0 atom stereocenters. The summed E-state index contributed by atoms with van der Waals surface area (Å²) in [4.78, 5) is 15.9. The highest BCUT2D eigenvalue weighted by molar-refractivity contribution is 7.98. The molecule has 4 nitrogen and oxygen atoms in total. The van der Waals surface area contributed by atoms with Gasteiger partial charge in [-0.05, 0) is 30.9 Å². The molecule has 0 spiro atoms. The summed E-state index contributed by atoms with van der Waals surface area (Å²) in [5.74, 6) is 1.16. The summed E-state index contributed by atoms with van der Waals surface area (Å²) >= 11 is 1.87. The fraction of sp³-hybridized carbons (Fsp3) is 0.538. The molecular formula is C13H21N3OS. The van der Waals surface area contributed by atoms with Gasteiger partial charge < -0.3 is 10.6 Å². The molecule has 1 aromatic heterocycles. The number of nitrogens with zero attached hydrogens (tertiary/aromatic N) is 1. The molecule has 5 heteroatoms. The van der Waals surface area contributed by atoms with E-state index in [1.54, 1.807) is 25.5 Å². The second-order valence-corrected chi connectivity index (χ2v) is 4.97. The zero-order valence-electron chi connectivity index (χ0n) is 11.0. The molecule has 0 aliphatic heterocycles. The first-order valence-corrected chi connectivity index (χ1v) is 7.58. The first-order chi connectivity index (χ1) is 8.79. The minimum absolute atomic E-state index is 0.0355. The predicted octanol–water partition coefficient (Wildman–Crippen LogP) is 2.39. The molecule has 0 bridgehead atoms. The van der Waals surface area contributed by atoms with Crippen LogP contribution in [0.2, 0.25) is 0 Å². The summed E-state index contributed by atoms with van der Waals surface area (Å²) < 4.78 is 0. The Morgan fingerprint density at radius 1 is 1.39 bits per heavy atom. The van der Waals surface area contributed by atoms with Crippen LogP contribution in [0, 0.1) is 0 Å². The fourth-order valence-electron chi connectivity index (χ4n) is 1.64. The number of anilines is 1. The summed E-state index contributed by atoms with van der Waals surface area (Å²) in [6, 6.07) is 1.73. The topological polar surface area (TPSA) is 54.0 Å². The van der Waals surface area contributed by atoms with E-state index >= 15 is 0 Å². The van der Waals surface area contributed by atoms with E-state index in [2.05, 4.69) is 21.9 Å². The third-order valence-corrected chi connectivity index (χ3v) is 3.34. The summed E-state index contributed by atoms with van der Waals surface area (Å²) in [5, 5.41) is 5.91. The minimum Gasteiger partial charge on any atom is -0.386 e. The van der Waals surface area contributed by atoms with E-state index in [0.29, 0.717) is 5.56 Å². The number of amides is 1. The van der Waals surface area contributed by atoms with Crippen LogP contribution in [0.3, 0.4) is 0 Å². The van der Waals surface area contributed by atoms with E-state index in [4.69, 9.17) is 0 Å². The van der Waals surface area contributed by atoms with Gasteiger partial charge in [0.25, 0.3) is 5.91 Å². The molecule has 1 amide bonds. The minimum atomic E-state index is -0.0355. The fourth-order valence-corrected chi connectivity index (χ4v) is 2.13. The smallest absolute Gasteiger partial charge is 0.253 e. The van der Waals surface area contributed by atoms with E-state index in [1.165, 1.54) is 12.2 Å². The Labute approximate surface area is 113 Å². The van der Waals surface area contributed by atoms with Crippen molar-refractivity contribution in [2.45, 2.75) is 19.3 Å². The van der Waals surface area contributed by atoms with Crippen LogP contribution in [-0.4, -0.2) is 36.5 Å². The number of nitrogens with one attached hydrogen (secondary N) is 2. The third kappa shape index (κ3) is 4.96. The van der Waals surface area contributed by atoms with Crippen LogP contribution in [-0.2, 0) is 0 Å². The normalized spacial score (nSPS) is 10.1. The van der Waals surface area contributed by atoms with E-state index in [-0.39, 0.29) is 5.91 Å². The van der Waals surface area contributed by atoms with Gasteiger partial charge in [-0.15, -0.1) is 0 Å². The van der Waals surface area contributed by atoms with Crippen LogP contribution in [0.5, 0.6) is 0 Å². The number of unbranched alkanes of at least 4 members (excludes halogenated alkanes) is 2. The quantitative estimate of drug-likeness (QED) is 0.710. The molecule has 1 aromatic rings. The van der Waals surface area contributed by atoms with Crippen molar-refractivity contribution in [3.05, 3.63) is 24.0 Å². The van der Waals surface area contributed by atoms with Gasteiger partial charge in [0.2, 0.25) is 0 Å². The molecule has 2 N–H and O–H groups in total. The number of aromatic nitrogens is 1. The Morgan fingerprint density at radius 3 is 2.94 bits per heavy atom. The second-order valence-electron chi connectivity index (χ2n) is 3.98. The molecule has 1 rings (SSSR count). The highest BCUT2D eigenvalue weighted by Crippen LogP contribution is 2.12. The largest absolute Gasteiger partial charge is 0.386 e. The molecule has 0 aromatic carbocycles. The first-order valence-electron chi connectivity index (χ1n) is 6.18. The van der Waals surface area contributed by atoms with Crippen molar-refractivity contribution in [2.24, 2.45) is 0 Å². The monoisotopic (exact) mass is 267 g/mol. The van der Waals surface area contributed by atoms with E-state index in [9.17, 15) is 4.79 Å². The van der Waals surface area contributed by atoms with E-state index in [1.807, 2.05) is 11.8 Å². The van der Waals surface area contributed by atoms with Crippen LogP contribution in [0.25, 0.3) is 0 Å². The molecular weight excluding hydrogens is 246 g/mol. The van der Waals surface area contributed by atoms with Gasteiger partial charge in [0.05, 0.1) is 17.4 Å². The summed E-state index contributed by atoms with van der Waals surface area (Å²) in [5.41, 5.74) is 1.41. The van der Waals surface area contributed by atoms with Crippen molar-refractivity contribution >= 4 is 23.4 Å². The molecule has 0 fully saturated rings. The predicted molar refractivity (Wildman–Crippen MR) is 78.3 cm³/mol. The van der Waals surface area contributed by atoms with Crippen molar-refractivity contribution in [2.75, 3.05) is 30.9 Å². The maximum absolute atomic E-state index is 11.9. The summed E-state index contributed by atoms with van der Waals surface area (Å²) in [7, 11) is 1.79. The molecule has 0 aliphatic rings. The van der Waals surface area contributed by atoms with Gasteiger partial charge in [0, 0.05) is 19.8 Å². The number of hydrogen-bond acceptors (Lipinski definition) is 4. The second kappa shape index (κ2) is 8.80. The lowest BCUT2D eigenvalue weighted by atomic mass is 10.2. The number of thioether (sulfide) groups is 1. The van der Waals surface area contributed by atoms with Crippen molar-refractivity contribution < 1.29 is 4.79 Å². The lowest BCUT2D eigenvalue weighted by Gasteiger charge is -2.08. The molecule has 18 heavy (non-hydrogen) atoms. The molecule has 0 aliphatic carbocycles. The molecule has 100 valence electrons. The number of carbonyl (C=O) groups is 1. The Balaban J connectivity index is 2.32. The average Bonchev–Trinajstić information content (AvgIpc) is 2.42. The SMILES string of the molecule is CNc1cnccc1C(=O)NCCCCCSC. The summed E-state index contributed by atoms with van der Waals surface area (Å²) in [6.45, 7) is 0.735. The lowest BCUT2D eigenvalue weighted by Crippen LogP contribution is -2.25. The maximum Gasteiger partial charge on any atom is 0.253 e. The van der Waals surface area contributed by atoms with Crippen LogP contribution >= 0.6 is 11.8 Å². The summed E-state index contributed by atoms with van der Waals surface area (Å²) in [6.07, 6.45) is 8.82. The average molecular weight is 267 g/mol. The molecule has 0 unspecified atom stereocenters. The number of carbonyl (C=O) groups excluding carboxylic acids is 1. The highest BCUT2D eigenvalue weighted by Gasteiger charge is 2.09. The van der Waals surface area contributed by atoms with Crippen LogP contribution in [0.1, 0.15) is 29.6 Å². The van der Waals surface area contributed by atoms with Crippen LogP contribution < -0.4 is 10.6 Å². The van der Waals surface area contributed by atoms with Crippen LogP contribution in [0.15, 0.2) is 18.5 Å². The van der Waals surface area contributed by atoms with Gasteiger partial charge in [-0.2, -0.15) is 11.8 Å². The number of hydrogen-bond donors (Lipinski definition) is 2. The highest BCUT2D eigenvalue weighted by atomic mass is 32.2. The standard InChI is InChI=1S/C13H21N3OS/c1-14-12-10-15-8-6-11(12)13(17)16-7-4-3-5-9-18-2/h6,8,10,14H,3-5,7,9H2,1-2H3,(H,16,17). The van der Waals surface area contributed by atoms with Crippen molar-refractivity contribution in [3.63, 3.8) is 0 Å². The van der Waals surface area contributed by atoms with Gasteiger partial charge in [0.15, 0.2) is 0 Å². The molecule has 0 saturated carbocycles. The molecule has 0 radical (unpaired) electrons. The maximum atomic E-state index is 11.9. The zero-order valence-corrected chi connectivity index (χ0v) is 11.8. The third-order valence-electron chi connectivity index (χ3n) is 2.65. The van der Waals surface area contributed by atoms with Gasteiger partial charge in [-0.1, -0.05) is 6.42 Å². The zero-order chi connectivity index (χ0) is 13.2. The molecule has 1 heterocycles. The van der Waals surface area contributed by atoms with Gasteiger partial charge in [-0.25, -0.2) is 0 Å². The Kier molecular flexibility index (Phi) is 7.25. The molecule has 0 saturated heterocycles. The van der Waals surface area contributed by atoms with E-state index in [0.717, 1.165) is 25.1 Å². The Morgan fingerprint density at radius 2 is 2.22 bits per heavy atom. The first kappa shape index (κ1) is 14.8. The van der Waals surface area contributed by atoms with Gasteiger partial charge in [-0.3, -0.25) is 9.78 Å². The van der Waals surface area contributed by atoms with Gasteiger partial charge in [0.1, 0.15) is 0 Å². The van der Waals surface area contributed by atoms with Crippen LogP contribution in [0.4, 0.5) is 5.69 Å². The van der Waals surface area contributed by atoms with Crippen molar-refractivity contribution in [3.8, 4) is 0 Å². The Bertz CT molecular complexity index is 371. The number of rotatable bonds is 8. The van der Waals surface area contributed by atoms with Crippen molar-refractivity contribution in [1.82, 2.24) is 10.3 Å². The van der Waals surface area contributed by atoms with E-state index < -0.39 is 0 Å². The Hall–Kier alpha value is -1.23. The lowest BCUT2D eigenvalue weighted by molar-refractivity contribution is 0.0953. The number of pyridine rings is 1.